The number of hydrogen-bond acceptors (Lipinski definition) is 11. The molecule has 0 heterocycles. The van der Waals surface area contributed by atoms with Gasteiger partial charge in [0.2, 0.25) is 0 Å². The van der Waals surface area contributed by atoms with Crippen LogP contribution in [0.1, 0.15) is 54.0 Å². The molecule has 0 unspecified atom stereocenters. The molecule has 0 fully saturated rings. The minimum atomic E-state index is -0.861. The van der Waals surface area contributed by atoms with E-state index in [1.807, 2.05) is 27.7 Å². The molecule has 0 aromatic heterocycles. The smallest absolute Gasteiger partial charge is 0.338 e. The van der Waals surface area contributed by atoms with Crippen molar-refractivity contribution in [3.63, 3.8) is 0 Å². The topological polar surface area (TPSA) is 132 Å². The summed E-state index contributed by atoms with van der Waals surface area (Å²) in [4.78, 5) is 59.0. The summed E-state index contributed by atoms with van der Waals surface area (Å²) in [7, 11) is 4.19. The summed E-state index contributed by atoms with van der Waals surface area (Å²) in [5.41, 5.74) is 1.93. The molecule has 0 N–H and O–H groups in total. The van der Waals surface area contributed by atoms with Gasteiger partial charge in [-0.1, -0.05) is 45.2 Å². The van der Waals surface area contributed by atoms with Crippen LogP contribution in [-0.4, -0.2) is 37.5 Å². The monoisotopic (exact) mass is 650 g/mol. The minimum Gasteiger partial charge on any atom is -0.425 e. The number of allylic oxidation sites excluding steroid dienone is 1. The van der Waals surface area contributed by atoms with Crippen LogP contribution in [-0.2, 0) is 24.0 Å². The van der Waals surface area contributed by atoms with Crippen LogP contribution < -0.4 is 23.7 Å². The van der Waals surface area contributed by atoms with Crippen LogP contribution in [0.25, 0.3) is 6.08 Å². The van der Waals surface area contributed by atoms with Gasteiger partial charge in [-0.25, -0.2) is 31.7 Å². The first-order chi connectivity index (χ1) is 21.6. The van der Waals surface area contributed by atoms with Crippen molar-refractivity contribution < 1.29 is 47.7 Å². The Balaban J connectivity index is 0. The molecule has 0 bridgehead atoms. The van der Waals surface area contributed by atoms with Gasteiger partial charge in [-0.3, -0.25) is 4.79 Å². The first kappa shape index (κ1) is 43.0. The number of rotatable bonds is 11. The van der Waals surface area contributed by atoms with Gasteiger partial charge in [0, 0.05) is 28.9 Å². The summed E-state index contributed by atoms with van der Waals surface area (Å²) in [5.74, 6) is -3.48. The third-order valence-corrected chi connectivity index (χ3v) is 4.34. The Morgan fingerprint density at radius 2 is 1.09 bits per heavy atom. The van der Waals surface area contributed by atoms with E-state index in [1.165, 1.54) is 68.8 Å². The van der Waals surface area contributed by atoms with Crippen LogP contribution in [0.2, 0.25) is 0 Å². The molecule has 0 spiro atoms. The molecule has 0 amide bonds. The van der Waals surface area contributed by atoms with E-state index in [0.29, 0.717) is 5.56 Å². The first-order valence-corrected chi connectivity index (χ1v) is 14.0. The largest absolute Gasteiger partial charge is 0.425 e. The van der Waals surface area contributed by atoms with E-state index in [0.717, 1.165) is 6.08 Å². The molecule has 0 saturated heterocycles. The molecule has 2 aromatic carbocycles. The summed E-state index contributed by atoms with van der Waals surface area (Å²) in [6, 6.07) is 8.01. The highest BCUT2D eigenvalue weighted by molar-refractivity contribution is 8.03. The zero-order chi connectivity index (χ0) is 36.0. The van der Waals surface area contributed by atoms with E-state index < -0.39 is 23.9 Å². The third kappa shape index (κ3) is 17.3. The Bertz CT molecular complexity index is 1470. The fourth-order valence-corrected chi connectivity index (χ4v) is 2.45. The third-order valence-electron chi connectivity index (χ3n) is 4.34. The number of carbonyl (C=O) groups excluding carboxylic acids is 5. The zero-order valence-corrected chi connectivity index (χ0v) is 28.0. The highest BCUT2D eigenvalue weighted by atomic mass is 32.1. The summed E-state index contributed by atoms with van der Waals surface area (Å²) in [6.45, 7) is 26.5. The molecule has 244 valence electrons. The Kier molecular flexibility index (Phi) is 21.8. The van der Waals surface area contributed by atoms with Crippen LogP contribution in [0.5, 0.6) is 28.7 Å². The fraction of sp³-hybridized carbons (Fsp3) is 0.206. The fourth-order valence-electron chi connectivity index (χ4n) is 2.45. The van der Waals surface area contributed by atoms with Crippen molar-refractivity contribution in [2.24, 2.45) is 0 Å². The van der Waals surface area contributed by atoms with E-state index in [4.69, 9.17) is 23.7 Å². The van der Waals surface area contributed by atoms with E-state index in [1.54, 1.807) is 0 Å². The lowest BCUT2D eigenvalue weighted by atomic mass is 10.2. The average molecular weight is 651 g/mol. The van der Waals surface area contributed by atoms with Gasteiger partial charge in [-0.2, -0.15) is 0 Å². The lowest BCUT2D eigenvalue weighted by molar-refractivity contribution is -0.132. The second kappa shape index (κ2) is 23.3. The molecule has 12 heteroatoms. The number of ether oxygens (including phenoxy) is 5. The van der Waals surface area contributed by atoms with Crippen molar-refractivity contribution in [1.82, 2.24) is 0 Å². The van der Waals surface area contributed by atoms with Gasteiger partial charge in [0.1, 0.15) is 5.75 Å². The Hall–Kier alpha value is -5.10. The molecule has 2 rings (SSSR count). The van der Waals surface area contributed by atoms with E-state index >= 15 is 0 Å². The summed E-state index contributed by atoms with van der Waals surface area (Å²) in [5, 5.41) is 0. The second-order valence-corrected chi connectivity index (χ2v) is 9.00. The molecule has 0 saturated carbocycles. The normalized spacial score (nSPS) is 9.22. The number of carbonyl (C=O) groups is 5. The van der Waals surface area contributed by atoms with E-state index in [-0.39, 0.29) is 51.9 Å². The first-order valence-electron chi connectivity index (χ1n) is 13.4. The molecule has 0 atom stereocenters. The molecule has 0 aliphatic carbocycles. The van der Waals surface area contributed by atoms with Gasteiger partial charge < -0.3 is 23.7 Å². The molecule has 0 aliphatic rings. The Labute approximate surface area is 277 Å². The van der Waals surface area contributed by atoms with Crippen LogP contribution in [0.4, 0.5) is 0 Å². The maximum absolute atomic E-state index is 12.5. The average Bonchev–Trinajstić information content (AvgIpc) is 3.00. The lowest BCUT2D eigenvalue weighted by Gasteiger charge is -2.12. The molecule has 0 aliphatic heterocycles. The zero-order valence-electron chi connectivity index (χ0n) is 27.1. The molecule has 2 aromatic rings. The minimum absolute atomic E-state index is 0.0213. The van der Waals surface area contributed by atoms with Crippen molar-refractivity contribution >= 4 is 56.0 Å². The predicted octanol–water partition coefficient (Wildman–Crippen LogP) is 6.89. The Morgan fingerprint density at radius 1 is 0.652 bits per heavy atom. The molecular formula is C34H39BO10S. The van der Waals surface area contributed by atoms with Crippen molar-refractivity contribution in [3.8, 4) is 28.7 Å². The standard InChI is InChI=1S/C28H24O10.C4H8.C2H6.BHS/c1-16(2)26(31)35-20-9-11-22(24(14-20)38-28(33)18(5)6)36-25(30)12-8-19-7-10-21(23(13-19)34-15-29)37-27(32)17(3)4;1-4(2)3;2*1-2/h7-15H,1,3,5H2,2,4,6H3;1H2,2-3H3;1-2H3;2H/b12-8+;;;. The summed E-state index contributed by atoms with van der Waals surface area (Å²) < 4.78 is 25.6. The van der Waals surface area contributed by atoms with Gasteiger partial charge in [0.25, 0.3) is 6.47 Å². The quantitative estimate of drug-likeness (QED) is 0.0522. The van der Waals surface area contributed by atoms with Crippen molar-refractivity contribution in [2.75, 3.05) is 0 Å². The maximum atomic E-state index is 12.5. The van der Waals surface area contributed by atoms with Gasteiger partial charge in [0.05, 0.1) is 0 Å². The number of hydrogen-bond donors (Lipinski definition) is 1. The van der Waals surface area contributed by atoms with Crippen LogP contribution in [0.15, 0.2) is 91.1 Å². The maximum Gasteiger partial charge on any atom is 0.338 e. The SMILES string of the molecule is C=C(C)C.C=C(C)C(=O)Oc1ccc(OC(=O)/C=C/c2ccc(OC(=O)C(=C)C)c(OC=O)c2)c(OC(=O)C(=C)C)c1.CC.[B]S. The van der Waals surface area contributed by atoms with Gasteiger partial charge in [-0.05, 0) is 70.5 Å². The predicted molar refractivity (Wildman–Crippen MR) is 182 cm³/mol. The lowest BCUT2D eigenvalue weighted by Crippen LogP contribution is -2.12. The van der Waals surface area contributed by atoms with Crippen LogP contribution in [0.3, 0.4) is 0 Å². The van der Waals surface area contributed by atoms with Gasteiger partial charge >= 0.3 is 23.9 Å². The molecule has 10 nitrogen and oxygen atoms in total. The van der Waals surface area contributed by atoms with Crippen molar-refractivity contribution in [2.45, 2.75) is 48.5 Å². The summed E-state index contributed by atoms with van der Waals surface area (Å²) >= 11 is 3.03. The highest BCUT2D eigenvalue weighted by Gasteiger charge is 2.17. The van der Waals surface area contributed by atoms with Crippen LogP contribution >= 0.6 is 12.5 Å². The number of benzene rings is 2. The van der Waals surface area contributed by atoms with Gasteiger partial charge in [0.15, 0.2) is 30.1 Å². The molecule has 46 heavy (non-hydrogen) atoms. The molecular weight excluding hydrogens is 611 g/mol. The van der Waals surface area contributed by atoms with Crippen LogP contribution in [0, 0.1) is 0 Å². The highest BCUT2D eigenvalue weighted by Crippen LogP contribution is 2.33. The summed E-state index contributed by atoms with van der Waals surface area (Å²) in [6.07, 6.45) is 2.39. The van der Waals surface area contributed by atoms with Gasteiger partial charge in [-0.15, -0.1) is 6.58 Å². The molecule has 2 radical (unpaired) electrons. The van der Waals surface area contributed by atoms with E-state index in [9.17, 15) is 24.0 Å². The van der Waals surface area contributed by atoms with E-state index in [2.05, 4.69) is 45.9 Å². The van der Waals surface area contributed by atoms with Crippen molar-refractivity contribution in [3.05, 3.63) is 96.6 Å². The number of thiol groups is 1. The van der Waals surface area contributed by atoms with Crippen molar-refractivity contribution in [1.29, 1.82) is 0 Å². The number of esters is 4. The Morgan fingerprint density at radius 3 is 1.57 bits per heavy atom. The second-order valence-electron chi connectivity index (χ2n) is 9.00.